The molecule has 0 fully saturated rings. The first kappa shape index (κ1) is 15.2. The van der Waals surface area contributed by atoms with Crippen LogP contribution in [0.5, 0.6) is 0 Å². The monoisotopic (exact) mass is 285 g/mol. The highest BCUT2D eigenvalue weighted by molar-refractivity contribution is 5.99. The topological polar surface area (TPSA) is 20.3 Å². The molecule has 0 saturated heterocycles. The van der Waals surface area contributed by atoms with E-state index in [-0.39, 0.29) is 11.6 Å². The highest BCUT2D eigenvalue weighted by Crippen LogP contribution is 2.24. The van der Waals surface area contributed by atoms with Gasteiger partial charge in [0, 0.05) is 24.8 Å². The van der Waals surface area contributed by atoms with Crippen molar-refractivity contribution in [1.82, 2.24) is 0 Å². The summed E-state index contributed by atoms with van der Waals surface area (Å²) in [6.45, 7) is 3.96. The maximum Gasteiger partial charge on any atom is 0.161 e. The molecular weight excluding hydrogens is 265 g/mol. The standard InChI is InChI=1S/C18H20FNO/c1-13-11-18(16(14(2)21)12-17(13)19)20(3)10-9-15-7-5-4-6-8-15/h4-8,11-12H,9-10H2,1-3H3. The van der Waals surface area contributed by atoms with Gasteiger partial charge >= 0.3 is 0 Å². The average molecular weight is 285 g/mol. The molecule has 3 heteroatoms. The number of Topliss-reactive ketones (excluding diaryl/α,β-unsaturated/α-hetero) is 1. The first-order valence-corrected chi connectivity index (χ1v) is 7.05. The zero-order chi connectivity index (χ0) is 15.4. The van der Waals surface area contributed by atoms with Crippen molar-refractivity contribution in [3.8, 4) is 0 Å². The molecule has 110 valence electrons. The molecule has 0 bridgehead atoms. The summed E-state index contributed by atoms with van der Waals surface area (Å²) in [5.41, 5.74) is 3.03. The van der Waals surface area contributed by atoms with E-state index in [0.717, 1.165) is 18.7 Å². The second-order valence-electron chi connectivity index (χ2n) is 5.33. The first-order chi connectivity index (χ1) is 9.99. The van der Waals surface area contributed by atoms with Crippen molar-refractivity contribution in [1.29, 1.82) is 0 Å². The van der Waals surface area contributed by atoms with Crippen LogP contribution >= 0.6 is 0 Å². The predicted octanol–water partition coefficient (Wildman–Crippen LogP) is 4.02. The van der Waals surface area contributed by atoms with Crippen LogP contribution in [0.25, 0.3) is 0 Å². The Balaban J connectivity index is 2.20. The van der Waals surface area contributed by atoms with Gasteiger partial charge in [0.2, 0.25) is 0 Å². The molecule has 2 aromatic carbocycles. The van der Waals surface area contributed by atoms with Crippen LogP contribution in [-0.4, -0.2) is 19.4 Å². The molecule has 0 N–H and O–H groups in total. The molecule has 0 amide bonds. The minimum Gasteiger partial charge on any atom is -0.374 e. The highest BCUT2D eigenvalue weighted by atomic mass is 19.1. The molecule has 0 radical (unpaired) electrons. The molecule has 0 aliphatic rings. The van der Waals surface area contributed by atoms with Gasteiger partial charge in [-0.2, -0.15) is 0 Å². The van der Waals surface area contributed by atoms with Crippen LogP contribution in [0.15, 0.2) is 42.5 Å². The van der Waals surface area contributed by atoms with Gasteiger partial charge in [0.25, 0.3) is 0 Å². The molecule has 0 spiro atoms. The largest absolute Gasteiger partial charge is 0.374 e. The average Bonchev–Trinajstić information content (AvgIpc) is 2.48. The highest BCUT2D eigenvalue weighted by Gasteiger charge is 2.14. The Bertz CT molecular complexity index is 637. The summed E-state index contributed by atoms with van der Waals surface area (Å²) in [7, 11) is 1.93. The molecular formula is C18H20FNO. The Labute approximate surface area is 125 Å². The fourth-order valence-corrected chi connectivity index (χ4v) is 2.33. The molecule has 21 heavy (non-hydrogen) atoms. The molecule has 2 rings (SSSR count). The smallest absolute Gasteiger partial charge is 0.161 e. The van der Waals surface area contributed by atoms with E-state index in [2.05, 4.69) is 12.1 Å². The summed E-state index contributed by atoms with van der Waals surface area (Å²) in [5, 5.41) is 0. The minimum atomic E-state index is -0.333. The van der Waals surface area contributed by atoms with Crippen molar-refractivity contribution in [2.75, 3.05) is 18.5 Å². The number of anilines is 1. The van der Waals surface area contributed by atoms with Crippen molar-refractivity contribution in [2.45, 2.75) is 20.3 Å². The predicted molar refractivity (Wildman–Crippen MR) is 84.6 cm³/mol. The molecule has 0 saturated carbocycles. The fraction of sp³-hybridized carbons (Fsp3) is 0.278. The number of hydrogen-bond acceptors (Lipinski definition) is 2. The Morgan fingerprint density at radius 2 is 1.86 bits per heavy atom. The van der Waals surface area contributed by atoms with E-state index >= 15 is 0 Å². The van der Waals surface area contributed by atoms with Gasteiger partial charge in [-0.05, 0) is 43.5 Å². The molecule has 0 aliphatic heterocycles. The summed E-state index contributed by atoms with van der Waals surface area (Å²) in [6, 6.07) is 13.3. The van der Waals surface area contributed by atoms with Gasteiger partial charge in [-0.1, -0.05) is 30.3 Å². The van der Waals surface area contributed by atoms with Crippen molar-refractivity contribution < 1.29 is 9.18 Å². The van der Waals surface area contributed by atoms with Crippen molar-refractivity contribution in [2.24, 2.45) is 0 Å². The molecule has 2 nitrogen and oxygen atoms in total. The van der Waals surface area contributed by atoms with E-state index < -0.39 is 0 Å². The number of likely N-dealkylation sites (N-methyl/N-ethyl adjacent to an activating group) is 1. The summed E-state index contributed by atoms with van der Waals surface area (Å²) in [6.07, 6.45) is 0.880. The van der Waals surface area contributed by atoms with E-state index in [4.69, 9.17) is 0 Å². The molecule has 0 unspecified atom stereocenters. The normalized spacial score (nSPS) is 10.5. The molecule has 2 aromatic rings. The lowest BCUT2D eigenvalue weighted by Gasteiger charge is -2.22. The van der Waals surface area contributed by atoms with E-state index in [1.165, 1.54) is 18.6 Å². The lowest BCUT2D eigenvalue weighted by Crippen LogP contribution is -2.22. The third-order valence-corrected chi connectivity index (χ3v) is 3.65. The third kappa shape index (κ3) is 3.69. The minimum absolute atomic E-state index is 0.115. The van der Waals surface area contributed by atoms with E-state index in [1.807, 2.05) is 30.1 Å². The van der Waals surface area contributed by atoms with Crippen LogP contribution in [0.4, 0.5) is 10.1 Å². The summed E-state index contributed by atoms with van der Waals surface area (Å²) in [5.74, 6) is -0.448. The number of benzene rings is 2. The number of ketones is 1. The number of nitrogens with zero attached hydrogens (tertiary/aromatic N) is 1. The van der Waals surface area contributed by atoms with E-state index in [9.17, 15) is 9.18 Å². The molecule has 0 heterocycles. The number of halogens is 1. The lowest BCUT2D eigenvalue weighted by atomic mass is 10.0. The number of rotatable bonds is 5. The second-order valence-corrected chi connectivity index (χ2v) is 5.33. The zero-order valence-corrected chi connectivity index (χ0v) is 12.7. The van der Waals surface area contributed by atoms with Crippen molar-refractivity contribution in [3.63, 3.8) is 0 Å². The zero-order valence-electron chi connectivity index (χ0n) is 12.7. The maximum atomic E-state index is 13.7. The van der Waals surface area contributed by atoms with Crippen LogP contribution in [0.1, 0.15) is 28.4 Å². The first-order valence-electron chi connectivity index (χ1n) is 7.05. The van der Waals surface area contributed by atoms with Crippen LogP contribution in [-0.2, 0) is 6.42 Å². The van der Waals surface area contributed by atoms with Crippen LogP contribution in [0, 0.1) is 12.7 Å². The van der Waals surface area contributed by atoms with Gasteiger partial charge in [-0.15, -0.1) is 0 Å². The van der Waals surface area contributed by atoms with Crippen molar-refractivity contribution in [3.05, 3.63) is 65.0 Å². The Morgan fingerprint density at radius 1 is 1.19 bits per heavy atom. The molecule has 0 aromatic heterocycles. The van der Waals surface area contributed by atoms with Gasteiger partial charge in [0.15, 0.2) is 5.78 Å². The Morgan fingerprint density at radius 3 is 2.48 bits per heavy atom. The second kappa shape index (κ2) is 6.53. The lowest BCUT2D eigenvalue weighted by molar-refractivity contribution is 0.101. The van der Waals surface area contributed by atoms with Crippen LogP contribution < -0.4 is 4.90 Å². The molecule has 0 atom stereocenters. The van der Waals surface area contributed by atoms with Gasteiger partial charge in [-0.3, -0.25) is 4.79 Å². The van der Waals surface area contributed by atoms with Gasteiger partial charge in [0.05, 0.1) is 0 Å². The Hall–Kier alpha value is -2.16. The number of carbonyl (C=O) groups excluding carboxylic acids is 1. The molecule has 0 aliphatic carbocycles. The number of carbonyl (C=O) groups is 1. The van der Waals surface area contributed by atoms with Gasteiger partial charge < -0.3 is 4.90 Å². The third-order valence-electron chi connectivity index (χ3n) is 3.65. The van der Waals surface area contributed by atoms with Gasteiger partial charge in [-0.25, -0.2) is 4.39 Å². The quantitative estimate of drug-likeness (QED) is 0.773. The van der Waals surface area contributed by atoms with Crippen LogP contribution in [0.2, 0.25) is 0 Å². The van der Waals surface area contributed by atoms with Gasteiger partial charge in [0.1, 0.15) is 5.82 Å². The maximum absolute atomic E-state index is 13.7. The van der Waals surface area contributed by atoms with E-state index in [1.54, 1.807) is 13.0 Å². The van der Waals surface area contributed by atoms with Crippen molar-refractivity contribution >= 4 is 11.5 Å². The van der Waals surface area contributed by atoms with E-state index in [0.29, 0.717) is 11.1 Å². The van der Waals surface area contributed by atoms with Crippen LogP contribution in [0.3, 0.4) is 0 Å². The summed E-state index contributed by atoms with van der Waals surface area (Å²) >= 11 is 0. The summed E-state index contributed by atoms with van der Waals surface area (Å²) in [4.78, 5) is 13.7. The Kier molecular flexibility index (Phi) is 4.73. The summed E-state index contributed by atoms with van der Waals surface area (Å²) < 4.78 is 13.7. The SMILES string of the molecule is CC(=O)c1cc(F)c(C)cc1N(C)CCc1ccccc1. The number of aryl methyl sites for hydroxylation is 1. The fourth-order valence-electron chi connectivity index (χ4n) is 2.33. The number of hydrogen-bond donors (Lipinski definition) is 0.